The number of nitriles is 1. The Morgan fingerprint density at radius 3 is 2.33 bits per heavy atom. The summed E-state index contributed by atoms with van der Waals surface area (Å²) >= 11 is 18.8. The third kappa shape index (κ3) is 6.01. The van der Waals surface area contributed by atoms with E-state index < -0.39 is 29.6 Å². The number of benzene rings is 2. The number of halogens is 3. The molecule has 0 unspecified atom stereocenters. The Kier molecular flexibility index (Phi) is 8.27. The largest absolute Gasteiger partial charge is 0.468 e. The van der Waals surface area contributed by atoms with Crippen molar-refractivity contribution < 1.29 is 19.1 Å². The van der Waals surface area contributed by atoms with Crippen LogP contribution in [-0.2, 0) is 19.1 Å². The molecule has 0 aromatic heterocycles. The third-order valence-corrected chi connectivity index (χ3v) is 6.41. The first-order chi connectivity index (χ1) is 15.7. The number of rotatable bonds is 6. The summed E-state index contributed by atoms with van der Waals surface area (Å²) in [4.78, 5) is 37.6. The second-order valence-corrected chi connectivity index (χ2v) is 9.16. The van der Waals surface area contributed by atoms with Crippen molar-refractivity contribution >= 4 is 70.0 Å². The quantitative estimate of drug-likeness (QED) is 0.417. The minimum Gasteiger partial charge on any atom is -0.468 e. The fourth-order valence-electron chi connectivity index (χ4n) is 3.31. The maximum Gasteiger partial charge on any atom is 0.319 e. The van der Waals surface area contributed by atoms with Gasteiger partial charge in [-0.3, -0.25) is 14.4 Å². The average molecular weight is 525 g/mol. The van der Waals surface area contributed by atoms with E-state index in [0.29, 0.717) is 26.3 Å². The number of carbonyl (C=O) groups excluding carboxylic acids is 3. The van der Waals surface area contributed by atoms with Gasteiger partial charge in [-0.15, -0.1) is 0 Å². The second kappa shape index (κ2) is 10.9. The summed E-state index contributed by atoms with van der Waals surface area (Å²) in [5.41, 5.74) is 1.08. The number of ether oxygens (including phenoxy) is 1. The summed E-state index contributed by atoms with van der Waals surface area (Å²) in [6.07, 6.45) is 0. The van der Waals surface area contributed by atoms with Crippen LogP contribution in [0.15, 0.2) is 53.1 Å². The predicted octanol–water partition coefficient (Wildman–Crippen LogP) is 4.76. The smallest absolute Gasteiger partial charge is 0.319 e. The van der Waals surface area contributed by atoms with Crippen molar-refractivity contribution in [1.82, 2.24) is 5.32 Å². The molecule has 2 aromatic carbocycles. The lowest BCUT2D eigenvalue weighted by Crippen LogP contribution is -2.44. The van der Waals surface area contributed by atoms with Crippen molar-refractivity contribution in [3.05, 3.63) is 73.7 Å². The number of anilines is 1. The molecule has 0 saturated heterocycles. The van der Waals surface area contributed by atoms with E-state index in [1.807, 2.05) is 0 Å². The molecule has 3 rings (SSSR count). The van der Waals surface area contributed by atoms with Crippen LogP contribution in [0.3, 0.4) is 0 Å². The maximum atomic E-state index is 12.8. The van der Waals surface area contributed by atoms with Crippen molar-refractivity contribution in [2.75, 3.05) is 18.2 Å². The van der Waals surface area contributed by atoms with Gasteiger partial charge in [-0.2, -0.15) is 5.26 Å². The van der Waals surface area contributed by atoms with E-state index in [9.17, 15) is 19.6 Å². The summed E-state index contributed by atoms with van der Waals surface area (Å²) in [6, 6.07) is 13.2. The zero-order valence-electron chi connectivity index (χ0n) is 17.0. The molecule has 7 nitrogen and oxygen atoms in total. The van der Waals surface area contributed by atoms with Crippen molar-refractivity contribution in [2.45, 2.75) is 5.92 Å². The first kappa shape index (κ1) is 24.9. The lowest BCUT2D eigenvalue weighted by molar-refractivity contribution is -0.150. The van der Waals surface area contributed by atoms with Crippen LogP contribution < -0.4 is 10.6 Å². The molecule has 2 N–H and O–H groups in total. The highest BCUT2D eigenvalue weighted by Gasteiger charge is 2.44. The van der Waals surface area contributed by atoms with Crippen LogP contribution in [0.25, 0.3) is 0 Å². The van der Waals surface area contributed by atoms with Gasteiger partial charge in [-0.1, -0.05) is 58.7 Å². The fourth-order valence-corrected chi connectivity index (χ4v) is 4.81. The molecule has 170 valence electrons. The van der Waals surface area contributed by atoms with E-state index >= 15 is 0 Å². The Morgan fingerprint density at radius 2 is 1.76 bits per heavy atom. The normalized spacial score (nSPS) is 17.7. The molecule has 0 saturated carbocycles. The van der Waals surface area contributed by atoms with Crippen LogP contribution in [0.1, 0.15) is 11.5 Å². The molecule has 0 spiro atoms. The number of esters is 1. The van der Waals surface area contributed by atoms with E-state index in [0.717, 1.165) is 11.8 Å². The van der Waals surface area contributed by atoms with E-state index in [2.05, 4.69) is 16.7 Å². The lowest BCUT2D eigenvalue weighted by atomic mass is 9.78. The van der Waals surface area contributed by atoms with Gasteiger partial charge in [0.05, 0.1) is 29.5 Å². The molecule has 0 radical (unpaired) electrons. The van der Waals surface area contributed by atoms with E-state index in [-0.39, 0.29) is 16.4 Å². The first-order valence-electron chi connectivity index (χ1n) is 9.40. The minimum atomic E-state index is -1.27. The second-order valence-electron chi connectivity index (χ2n) is 6.87. The van der Waals surface area contributed by atoms with Gasteiger partial charge in [-0.05, 0) is 35.9 Å². The highest BCUT2D eigenvalue weighted by molar-refractivity contribution is 8.03. The summed E-state index contributed by atoms with van der Waals surface area (Å²) in [6.45, 7) is 0. The molecule has 1 heterocycles. The summed E-state index contributed by atoms with van der Waals surface area (Å²) in [7, 11) is 1.17. The number of hydrogen-bond acceptors (Lipinski definition) is 6. The number of allylic oxidation sites excluding steroid dienone is 1. The van der Waals surface area contributed by atoms with Crippen molar-refractivity contribution in [2.24, 2.45) is 5.92 Å². The molecule has 1 aliphatic heterocycles. The SMILES string of the molecule is COC(=O)[C@@H]1C(=O)NC(SCC(=O)Nc2cc(Cl)cc(Cl)c2)=C(C#N)[C@H]1c1ccc(Cl)cc1. The first-order valence-corrected chi connectivity index (χ1v) is 11.5. The monoisotopic (exact) mass is 523 g/mol. The topological polar surface area (TPSA) is 108 Å². The molecule has 2 aromatic rings. The predicted molar refractivity (Wildman–Crippen MR) is 128 cm³/mol. The Labute approximate surface area is 209 Å². The standard InChI is InChI=1S/C22H16Cl3N3O4S/c1-32-22(31)19-18(11-2-4-12(23)5-3-11)16(9-26)21(28-20(19)30)33-10-17(29)27-15-7-13(24)6-14(25)8-15/h2-8,18-19H,10H2,1H3,(H,27,29)(H,28,30)/t18-,19+/m1/s1. The Bertz CT molecular complexity index is 1160. The molecule has 11 heteroatoms. The van der Waals surface area contributed by atoms with Crippen LogP contribution >= 0.6 is 46.6 Å². The highest BCUT2D eigenvalue weighted by atomic mass is 35.5. The van der Waals surface area contributed by atoms with Crippen LogP contribution in [-0.4, -0.2) is 30.6 Å². The number of carbonyl (C=O) groups is 3. The zero-order chi connectivity index (χ0) is 24.1. The number of methoxy groups -OCH3 is 1. The van der Waals surface area contributed by atoms with Crippen LogP contribution in [0.4, 0.5) is 5.69 Å². The van der Waals surface area contributed by atoms with Crippen LogP contribution in [0.5, 0.6) is 0 Å². The Morgan fingerprint density at radius 1 is 1.12 bits per heavy atom. The summed E-state index contributed by atoms with van der Waals surface area (Å²) in [5, 5.41) is 16.5. The third-order valence-electron chi connectivity index (χ3n) is 4.71. The number of hydrogen-bond donors (Lipinski definition) is 2. The highest BCUT2D eigenvalue weighted by Crippen LogP contribution is 2.40. The number of nitrogens with zero attached hydrogens (tertiary/aromatic N) is 1. The number of amides is 2. The summed E-state index contributed by atoms with van der Waals surface area (Å²) < 4.78 is 4.80. The van der Waals surface area contributed by atoms with Gasteiger partial charge < -0.3 is 15.4 Å². The Hall–Kier alpha value is -2.70. The Balaban J connectivity index is 1.88. The van der Waals surface area contributed by atoms with Crippen molar-refractivity contribution in [1.29, 1.82) is 5.26 Å². The lowest BCUT2D eigenvalue weighted by Gasteiger charge is -2.30. The van der Waals surface area contributed by atoms with Gasteiger partial charge in [0, 0.05) is 26.7 Å². The van der Waals surface area contributed by atoms with Gasteiger partial charge in [-0.25, -0.2) is 0 Å². The maximum absolute atomic E-state index is 12.8. The molecule has 2 amide bonds. The molecule has 2 atom stereocenters. The molecule has 0 fully saturated rings. The molecule has 1 aliphatic rings. The van der Waals surface area contributed by atoms with Gasteiger partial charge in [0.25, 0.3) is 0 Å². The van der Waals surface area contributed by atoms with Crippen molar-refractivity contribution in [3.8, 4) is 6.07 Å². The molecular formula is C22H16Cl3N3O4S. The van der Waals surface area contributed by atoms with E-state index in [1.165, 1.54) is 25.3 Å². The molecule has 0 aliphatic carbocycles. The molecule has 0 bridgehead atoms. The zero-order valence-corrected chi connectivity index (χ0v) is 20.1. The number of thioether (sulfide) groups is 1. The van der Waals surface area contributed by atoms with E-state index in [4.69, 9.17) is 39.5 Å². The van der Waals surface area contributed by atoms with Crippen LogP contribution in [0, 0.1) is 17.2 Å². The van der Waals surface area contributed by atoms with Gasteiger partial charge in [0.15, 0.2) is 0 Å². The van der Waals surface area contributed by atoms with Gasteiger partial charge in [0.2, 0.25) is 11.8 Å². The van der Waals surface area contributed by atoms with Gasteiger partial charge >= 0.3 is 5.97 Å². The fraction of sp³-hybridized carbons (Fsp3) is 0.182. The summed E-state index contributed by atoms with van der Waals surface area (Å²) in [5.74, 6) is -4.11. The van der Waals surface area contributed by atoms with Crippen molar-refractivity contribution in [3.63, 3.8) is 0 Å². The van der Waals surface area contributed by atoms with Gasteiger partial charge in [0.1, 0.15) is 5.92 Å². The molecular weight excluding hydrogens is 509 g/mol. The van der Waals surface area contributed by atoms with Crippen LogP contribution in [0.2, 0.25) is 15.1 Å². The number of nitrogens with one attached hydrogen (secondary N) is 2. The van der Waals surface area contributed by atoms with E-state index in [1.54, 1.807) is 24.3 Å². The minimum absolute atomic E-state index is 0.124. The molecule has 33 heavy (non-hydrogen) atoms. The average Bonchev–Trinajstić information content (AvgIpc) is 2.76.